The molecule has 0 amide bonds. The van der Waals surface area contributed by atoms with Crippen LogP contribution in [0, 0.1) is 0 Å². The van der Waals surface area contributed by atoms with Crippen molar-refractivity contribution in [2.45, 2.75) is 13.3 Å². The summed E-state index contributed by atoms with van der Waals surface area (Å²) in [6, 6.07) is 0. The topological polar surface area (TPSA) is 75.0 Å². The predicted molar refractivity (Wildman–Crippen MR) is 53.4 cm³/mol. The van der Waals surface area contributed by atoms with E-state index in [4.69, 9.17) is 0 Å². The molecule has 0 aliphatic carbocycles. The van der Waals surface area contributed by atoms with Gasteiger partial charge in [0.15, 0.2) is 0 Å². The smallest absolute Gasteiger partial charge is 0.0137 e. The minimum atomic E-state index is 0. The molecule has 0 saturated carbocycles. The lowest BCUT2D eigenvalue weighted by Gasteiger charge is -2.08. The van der Waals surface area contributed by atoms with Crippen LogP contribution in [-0.2, 0) is 0 Å². The van der Waals surface area contributed by atoms with E-state index < -0.39 is 0 Å². The number of nitrogens with one attached hydrogen (secondary N) is 1. The van der Waals surface area contributed by atoms with Gasteiger partial charge in [-0.15, -0.1) is 0 Å². The maximum atomic E-state index is 3.53. The molecule has 0 aromatic heterocycles. The Morgan fingerprint density at radius 1 is 1.36 bits per heavy atom. The number of thiol groups is 1. The van der Waals surface area contributed by atoms with E-state index in [1.807, 2.05) is 0 Å². The van der Waals surface area contributed by atoms with Gasteiger partial charge in [0.2, 0.25) is 0 Å². The van der Waals surface area contributed by atoms with Crippen LogP contribution in [0.3, 0.4) is 0 Å². The molecular formula is C7H19NO2S. The van der Waals surface area contributed by atoms with E-state index in [2.05, 4.69) is 30.9 Å². The van der Waals surface area contributed by atoms with Gasteiger partial charge in [0.25, 0.3) is 0 Å². The molecule has 0 aromatic rings. The lowest BCUT2D eigenvalue weighted by atomic mass is 10.1. The van der Waals surface area contributed by atoms with Crippen LogP contribution in [0.15, 0.2) is 11.6 Å². The second kappa shape index (κ2) is 12.6. The van der Waals surface area contributed by atoms with Crippen molar-refractivity contribution in [2.75, 3.05) is 19.3 Å². The lowest BCUT2D eigenvalue weighted by molar-refractivity contribution is 0.703. The molecule has 4 heteroatoms. The quantitative estimate of drug-likeness (QED) is 0.395. The summed E-state index contributed by atoms with van der Waals surface area (Å²) >= 11 is 3.53. The van der Waals surface area contributed by atoms with Gasteiger partial charge in [-0.05, 0) is 26.1 Å². The van der Waals surface area contributed by atoms with Crippen molar-refractivity contribution in [3.63, 3.8) is 0 Å². The van der Waals surface area contributed by atoms with E-state index in [1.165, 1.54) is 18.5 Å². The van der Waals surface area contributed by atoms with Crippen LogP contribution in [0.25, 0.3) is 0 Å². The zero-order chi connectivity index (χ0) is 7.11. The van der Waals surface area contributed by atoms with Crippen LogP contribution in [0.1, 0.15) is 13.3 Å². The summed E-state index contributed by atoms with van der Waals surface area (Å²) in [6.07, 6.45) is 5.17. The molecule has 11 heavy (non-hydrogen) atoms. The van der Waals surface area contributed by atoms with E-state index in [1.54, 1.807) is 6.26 Å². The summed E-state index contributed by atoms with van der Waals surface area (Å²) in [5, 5.41) is 3.24. The first-order chi connectivity index (χ1) is 4.39. The van der Waals surface area contributed by atoms with Crippen LogP contribution in [-0.4, -0.2) is 30.3 Å². The maximum absolute atomic E-state index is 3.53. The summed E-state index contributed by atoms with van der Waals surface area (Å²) in [5.74, 6) is 0. The molecule has 0 atom stereocenters. The first kappa shape index (κ1) is 17.2. The summed E-state index contributed by atoms with van der Waals surface area (Å²) in [4.78, 5) is 0. The Morgan fingerprint density at radius 2 is 1.91 bits per heavy atom. The van der Waals surface area contributed by atoms with Gasteiger partial charge in [-0.1, -0.05) is 11.6 Å². The number of hydrogen-bond donors (Lipinski definition) is 2. The summed E-state index contributed by atoms with van der Waals surface area (Å²) in [5.41, 5.74) is 1.53. The Balaban J connectivity index is -0.000000149. The van der Waals surface area contributed by atoms with Gasteiger partial charge in [-0.2, -0.15) is 12.6 Å². The highest BCUT2D eigenvalue weighted by Gasteiger charge is 1.93. The third kappa shape index (κ3) is 9.97. The molecule has 1 aliphatic heterocycles. The molecule has 0 spiro atoms. The van der Waals surface area contributed by atoms with Gasteiger partial charge in [-0.3, -0.25) is 0 Å². The average molecular weight is 181 g/mol. The highest BCUT2D eigenvalue weighted by molar-refractivity contribution is 7.79. The monoisotopic (exact) mass is 181 g/mol. The Kier molecular flexibility index (Phi) is 19.7. The third-order valence-electron chi connectivity index (χ3n) is 1.29. The molecule has 70 valence electrons. The van der Waals surface area contributed by atoms with E-state index in [0.29, 0.717) is 0 Å². The lowest BCUT2D eigenvalue weighted by Crippen LogP contribution is -2.19. The second-order valence-corrected chi connectivity index (χ2v) is 2.00. The molecule has 1 rings (SSSR count). The van der Waals surface area contributed by atoms with Crippen LogP contribution < -0.4 is 5.32 Å². The largest absolute Gasteiger partial charge is 0.412 e. The molecule has 5 N–H and O–H groups in total. The Labute approximate surface area is 73.9 Å². The second-order valence-electron chi connectivity index (χ2n) is 2.00. The average Bonchev–Trinajstić information content (AvgIpc) is 1.94. The molecule has 0 saturated heterocycles. The molecule has 0 radical (unpaired) electrons. The van der Waals surface area contributed by atoms with Crippen LogP contribution in [0.2, 0.25) is 0 Å². The van der Waals surface area contributed by atoms with Crippen LogP contribution >= 0.6 is 12.6 Å². The fourth-order valence-corrected chi connectivity index (χ4v) is 0.736. The predicted octanol–water partition coefficient (Wildman–Crippen LogP) is -0.177. The molecular weight excluding hydrogens is 162 g/mol. The number of rotatable bonds is 0. The summed E-state index contributed by atoms with van der Waals surface area (Å²) in [7, 11) is 0. The zero-order valence-corrected chi connectivity index (χ0v) is 8.04. The van der Waals surface area contributed by atoms with Crippen molar-refractivity contribution in [1.29, 1.82) is 0 Å². The van der Waals surface area contributed by atoms with E-state index in [-0.39, 0.29) is 11.0 Å². The van der Waals surface area contributed by atoms with Crippen molar-refractivity contribution in [3.05, 3.63) is 11.6 Å². The molecule has 0 aromatic carbocycles. The minimum absolute atomic E-state index is 0. The van der Waals surface area contributed by atoms with E-state index in [9.17, 15) is 0 Å². The van der Waals surface area contributed by atoms with Crippen molar-refractivity contribution in [2.24, 2.45) is 0 Å². The normalized spacial score (nSPS) is 14.3. The van der Waals surface area contributed by atoms with Gasteiger partial charge in [0.1, 0.15) is 0 Å². The van der Waals surface area contributed by atoms with Crippen LogP contribution in [0.4, 0.5) is 0 Å². The fraction of sp³-hybridized carbons (Fsp3) is 0.714. The van der Waals surface area contributed by atoms with Crippen molar-refractivity contribution >= 4 is 12.6 Å². The third-order valence-corrected chi connectivity index (χ3v) is 1.29. The Hall–Kier alpha value is -0.0300. The highest BCUT2D eigenvalue weighted by Crippen LogP contribution is 1.99. The first-order valence-corrected chi connectivity index (χ1v) is 4.10. The summed E-state index contributed by atoms with van der Waals surface area (Å²) in [6.45, 7) is 4.43. The van der Waals surface area contributed by atoms with Gasteiger partial charge < -0.3 is 16.3 Å². The summed E-state index contributed by atoms with van der Waals surface area (Å²) < 4.78 is 0. The molecule has 0 fully saturated rings. The zero-order valence-electron chi connectivity index (χ0n) is 7.15. The molecule has 0 unspecified atom stereocenters. The molecule has 3 nitrogen and oxygen atoms in total. The molecule has 1 aliphatic rings. The fourth-order valence-electron chi connectivity index (χ4n) is 0.736. The van der Waals surface area contributed by atoms with E-state index in [0.717, 1.165) is 6.54 Å². The van der Waals surface area contributed by atoms with Crippen molar-refractivity contribution < 1.29 is 11.0 Å². The van der Waals surface area contributed by atoms with Crippen molar-refractivity contribution in [1.82, 2.24) is 5.32 Å². The van der Waals surface area contributed by atoms with Gasteiger partial charge >= 0.3 is 0 Å². The highest BCUT2D eigenvalue weighted by atomic mass is 32.1. The van der Waals surface area contributed by atoms with Gasteiger partial charge in [-0.25, -0.2) is 0 Å². The van der Waals surface area contributed by atoms with Crippen LogP contribution in [0.5, 0.6) is 0 Å². The number of hydrogen-bond acceptors (Lipinski definition) is 2. The first-order valence-electron chi connectivity index (χ1n) is 3.20. The standard InChI is InChI=1S/C6H11N.CH4S.2H2O/c1-6-2-4-7-5-3-6;1-2;;/h2,7H,3-5H2,1H3;2H,1H3;2*1H2. The molecule has 1 heterocycles. The SMILES string of the molecule is CC1=CCNCC1.CS.O.O. The van der Waals surface area contributed by atoms with Gasteiger partial charge in [0, 0.05) is 6.54 Å². The Morgan fingerprint density at radius 3 is 2.09 bits per heavy atom. The van der Waals surface area contributed by atoms with Gasteiger partial charge in [0.05, 0.1) is 0 Å². The van der Waals surface area contributed by atoms with E-state index >= 15 is 0 Å². The molecule has 0 bridgehead atoms. The maximum Gasteiger partial charge on any atom is 0.0137 e. The Bertz CT molecular complexity index is 96.4. The van der Waals surface area contributed by atoms with Crippen molar-refractivity contribution in [3.8, 4) is 0 Å². The minimum Gasteiger partial charge on any atom is -0.412 e.